The molecule has 0 bridgehead atoms. The molecule has 2 N–H and O–H groups in total. The van der Waals surface area contributed by atoms with Crippen LogP contribution >= 0.6 is 0 Å². The van der Waals surface area contributed by atoms with Gasteiger partial charge in [-0.25, -0.2) is 0 Å². The van der Waals surface area contributed by atoms with E-state index in [0.29, 0.717) is 6.04 Å². The van der Waals surface area contributed by atoms with Crippen LogP contribution in [0, 0.1) is 5.92 Å². The van der Waals surface area contributed by atoms with Gasteiger partial charge in [-0.2, -0.15) is 0 Å². The van der Waals surface area contributed by atoms with E-state index in [1.165, 1.54) is 51.4 Å². The summed E-state index contributed by atoms with van der Waals surface area (Å²) >= 11 is 0. The van der Waals surface area contributed by atoms with Gasteiger partial charge in [0.25, 0.3) is 0 Å². The van der Waals surface area contributed by atoms with Gasteiger partial charge in [-0.15, -0.1) is 0 Å². The first-order valence-electron chi connectivity index (χ1n) is 8.34. The molecule has 19 heavy (non-hydrogen) atoms. The molecular weight excluding hydrogens is 236 g/mol. The van der Waals surface area contributed by atoms with Crippen molar-refractivity contribution in [1.82, 2.24) is 10.6 Å². The fourth-order valence-corrected chi connectivity index (χ4v) is 3.46. The van der Waals surface area contributed by atoms with Gasteiger partial charge in [-0.1, -0.05) is 38.5 Å². The molecule has 2 aliphatic rings. The van der Waals surface area contributed by atoms with Crippen molar-refractivity contribution >= 4 is 5.91 Å². The van der Waals surface area contributed by atoms with E-state index in [1.54, 1.807) is 0 Å². The highest BCUT2D eigenvalue weighted by molar-refractivity contribution is 5.75. The molecule has 1 aliphatic heterocycles. The number of piperidine rings is 1. The Hall–Kier alpha value is -0.570. The zero-order chi connectivity index (χ0) is 13.3. The number of amides is 1. The Morgan fingerprint density at radius 3 is 2.53 bits per heavy atom. The van der Waals surface area contributed by atoms with Crippen LogP contribution in [-0.4, -0.2) is 25.0 Å². The zero-order valence-electron chi connectivity index (χ0n) is 12.3. The van der Waals surface area contributed by atoms with Crippen LogP contribution in [0.1, 0.15) is 70.6 Å². The lowest BCUT2D eigenvalue weighted by molar-refractivity contribution is -0.121. The molecule has 1 aliphatic carbocycles. The summed E-state index contributed by atoms with van der Waals surface area (Å²) in [5.74, 6) is 1.08. The zero-order valence-corrected chi connectivity index (χ0v) is 12.3. The summed E-state index contributed by atoms with van der Waals surface area (Å²) in [5, 5.41) is 6.62. The molecule has 1 atom stereocenters. The van der Waals surface area contributed by atoms with Gasteiger partial charge >= 0.3 is 0 Å². The summed E-state index contributed by atoms with van der Waals surface area (Å²) in [6.07, 6.45) is 13.7. The molecule has 2 fully saturated rings. The molecule has 0 aromatic rings. The fraction of sp³-hybridized carbons (Fsp3) is 0.938. The second kappa shape index (κ2) is 8.57. The van der Waals surface area contributed by atoms with Gasteiger partial charge in [-0.05, 0) is 38.1 Å². The Bertz CT molecular complexity index is 255. The summed E-state index contributed by atoms with van der Waals surface area (Å²) in [7, 11) is 0. The molecule has 1 saturated carbocycles. The topological polar surface area (TPSA) is 41.1 Å². The van der Waals surface area contributed by atoms with Crippen molar-refractivity contribution in [3.63, 3.8) is 0 Å². The smallest absolute Gasteiger partial charge is 0.220 e. The van der Waals surface area contributed by atoms with Crippen LogP contribution in [0.3, 0.4) is 0 Å². The first-order valence-corrected chi connectivity index (χ1v) is 8.34. The van der Waals surface area contributed by atoms with Crippen molar-refractivity contribution in [3.05, 3.63) is 0 Å². The molecule has 0 radical (unpaired) electrons. The maximum Gasteiger partial charge on any atom is 0.220 e. The average Bonchev–Trinajstić information content (AvgIpc) is 2.47. The average molecular weight is 266 g/mol. The van der Waals surface area contributed by atoms with Crippen LogP contribution < -0.4 is 10.6 Å². The van der Waals surface area contributed by atoms with E-state index in [0.717, 1.165) is 38.3 Å². The van der Waals surface area contributed by atoms with Crippen LogP contribution in [0.2, 0.25) is 0 Å². The second-order valence-electron chi connectivity index (χ2n) is 6.33. The number of hydrogen-bond donors (Lipinski definition) is 2. The molecule has 2 rings (SSSR count). The van der Waals surface area contributed by atoms with Crippen LogP contribution in [0.5, 0.6) is 0 Å². The summed E-state index contributed by atoms with van der Waals surface area (Å²) in [5.41, 5.74) is 0. The SMILES string of the molecule is O=C(CCC1CCCCC1)NCCC1CCCCN1. The Balaban J connectivity index is 1.49. The molecule has 1 heterocycles. The number of rotatable bonds is 6. The molecule has 1 saturated heterocycles. The Morgan fingerprint density at radius 2 is 1.79 bits per heavy atom. The minimum absolute atomic E-state index is 0.265. The summed E-state index contributed by atoms with van der Waals surface area (Å²) in [6, 6.07) is 0.632. The van der Waals surface area contributed by atoms with Gasteiger partial charge < -0.3 is 10.6 Å². The van der Waals surface area contributed by atoms with Gasteiger partial charge in [0.05, 0.1) is 0 Å². The van der Waals surface area contributed by atoms with E-state index < -0.39 is 0 Å². The van der Waals surface area contributed by atoms with Crippen molar-refractivity contribution < 1.29 is 4.79 Å². The highest BCUT2D eigenvalue weighted by Crippen LogP contribution is 2.27. The van der Waals surface area contributed by atoms with Crippen LogP contribution in [0.4, 0.5) is 0 Å². The number of hydrogen-bond acceptors (Lipinski definition) is 2. The summed E-state index contributed by atoms with van der Waals surface area (Å²) < 4.78 is 0. The normalized spacial score (nSPS) is 25.2. The second-order valence-corrected chi connectivity index (χ2v) is 6.33. The van der Waals surface area contributed by atoms with Gasteiger partial charge in [0.15, 0.2) is 0 Å². The van der Waals surface area contributed by atoms with Crippen molar-refractivity contribution in [3.8, 4) is 0 Å². The molecule has 110 valence electrons. The van der Waals surface area contributed by atoms with Crippen LogP contribution in [0.15, 0.2) is 0 Å². The Kier molecular flexibility index (Phi) is 6.69. The largest absolute Gasteiger partial charge is 0.356 e. The first kappa shape index (κ1) is 14.8. The molecule has 3 nitrogen and oxygen atoms in total. The van der Waals surface area contributed by atoms with Crippen molar-refractivity contribution in [1.29, 1.82) is 0 Å². The maximum atomic E-state index is 11.8. The van der Waals surface area contributed by atoms with E-state index in [2.05, 4.69) is 10.6 Å². The summed E-state index contributed by atoms with van der Waals surface area (Å²) in [6.45, 7) is 2.00. The minimum Gasteiger partial charge on any atom is -0.356 e. The van der Waals surface area contributed by atoms with Gasteiger partial charge in [0, 0.05) is 19.0 Å². The summed E-state index contributed by atoms with van der Waals surface area (Å²) in [4.78, 5) is 11.8. The Morgan fingerprint density at radius 1 is 1.00 bits per heavy atom. The predicted molar refractivity (Wildman–Crippen MR) is 79.1 cm³/mol. The van der Waals surface area contributed by atoms with Gasteiger partial charge in [0.1, 0.15) is 0 Å². The third-order valence-electron chi connectivity index (χ3n) is 4.73. The highest BCUT2D eigenvalue weighted by Gasteiger charge is 2.15. The quantitative estimate of drug-likeness (QED) is 0.776. The molecular formula is C16H30N2O. The van der Waals surface area contributed by atoms with Crippen molar-refractivity contribution in [2.24, 2.45) is 5.92 Å². The maximum absolute atomic E-state index is 11.8. The molecule has 1 unspecified atom stereocenters. The third-order valence-corrected chi connectivity index (χ3v) is 4.73. The predicted octanol–water partition coefficient (Wildman–Crippen LogP) is 3.00. The third kappa shape index (κ3) is 5.94. The standard InChI is InChI=1S/C16H30N2O/c19-16(10-9-14-6-2-1-3-7-14)18-13-11-15-8-4-5-12-17-15/h14-15,17H,1-13H2,(H,18,19). The van der Waals surface area contributed by atoms with E-state index in [4.69, 9.17) is 0 Å². The number of carbonyl (C=O) groups excluding carboxylic acids is 1. The molecule has 0 aromatic heterocycles. The lowest BCUT2D eigenvalue weighted by atomic mass is 9.86. The Labute approximate surface area is 117 Å². The van der Waals surface area contributed by atoms with Crippen molar-refractivity contribution in [2.45, 2.75) is 76.7 Å². The van der Waals surface area contributed by atoms with Gasteiger partial charge in [0.2, 0.25) is 5.91 Å². The lowest BCUT2D eigenvalue weighted by Crippen LogP contribution is -2.37. The van der Waals surface area contributed by atoms with E-state index in [9.17, 15) is 4.79 Å². The monoisotopic (exact) mass is 266 g/mol. The van der Waals surface area contributed by atoms with Crippen LogP contribution in [-0.2, 0) is 4.79 Å². The van der Waals surface area contributed by atoms with Crippen LogP contribution in [0.25, 0.3) is 0 Å². The minimum atomic E-state index is 0.265. The van der Waals surface area contributed by atoms with Crippen molar-refractivity contribution in [2.75, 3.05) is 13.1 Å². The first-order chi connectivity index (χ1) is 9.34. The van der Waals surface area contributed by atoms with E-state index in [-0.39, 0.29) is 5.91 Å². The van der Waals surface area contributed by atoms with E-state index >= 15 is 0 Å². The van der Waals surface area contributed by atoms with Gasteiger partial charge in [-0.3, -0.25) is 4.79 Å². The molecule has 3 heteroatoms. The fourth-order valence-electron chi connectivity index (χ4n) is 3.46. The van der Waals surface area contributed by atoms with E-state index in [1.807, 2.05) is 0 Å². The molecule has 0 aromatic carbocycles. The molecule has 1 amide bonds. The number of nitrogens with one attached hydrogen (secondary N) is 2. The highest BCUT2D eigenvalue weighted by atomic mass is 16.1. The lowest BCUT2D eigenvalue weighted by Gasteiger charge is -2.23. The molecule has 0 spiro atoms. The number of carbonyl (C=O) groups is 1.